The Bertz CT molecular complexity index is 1270. The van der Waals surface area contributed by atoms with Crippen LogP contribution in [0, 0.1) is 13.8 Å². The van der Waals surface area contributed by atoms with E-state index in [1.54, 1.807) is 12.1 Å². The Hall–Kier alpha value is -4.53. The molecule has 4 aromatic rings. The van der Waals surface area contributed by atoms with Gasteiger partial charge in [-0.05, 0) is 47.5 Å². The fourth-order valence-corrected chi connectivity index (χ4v) is 3.29. The van der Waals surface area contributed by atoms with Crippen LogP contribution in [0.3, 0.4) is 0 Å². The van der Waals surface area contributed by atoms with E-state index in [-0.39, 0.29) is 18.1 Å². The highest BCUT2D eigenvalue weighted by atomic mass is 16.3. The number of para-hydroxylation sites is 1. The van der Waals surface area contributed by atoms with Gasteiger partial charge in [-0.2, -0.15) is 4.68 Å². The number of hydrogen-bond acceptors (Lipinski definition) is 6. The summed E-state index contributed by atoms with van der Waals surface area (Å²) in [7, 11) is 0. The van der Waals surface area contributed by atoms with Crippen LogP contribution in [0.15, 0.2) is 71.3 Å². The Labute approximate surface area is 190 Å². The number of aryl methyl sites for hydroxylation is 2. The maximum atomic E-state index is 13.1. The predicted molar refractivity (Wildman–Crippen MR) is 124 cm³/mol. The highest BCUT2D eigenvalue weighted by Gasteiger charge is 2.20. The average Bonchev–Trinajstić information content (AvgIpc) is 3.51. The van der Waals surface area contributed by atoms with Crippen LogP contribution in [0.4, 0.5) is 5.69 Å². The molecule has 2 N–H and O–H groups in total. The summed E-state index contributed by atoms with van der Waals surface area (Å²) < 4.78 is 6.69. The third-order valence-electron chi connectivity index (χ3n) is 4.94. The standard InChI is InChI=1S/C24H22N6O3/c1-16-8-6-9-17(2)22(16)26-21(31)15-25-24(32)20(14-19-12-7-13-33-19)30-23(27-28-29-30)18-10-4-3-5-11-18/h3-14H,15H2,1-2H3,(H,25,32)(H,26,31)/b20-14+. The number of benzene rings is 2. The van der Waals surface area contributed by atoms with E-state index in [1.165, 1.54) is 17.0 Å². The summed E-state index contributed by atoms with van der Waals surface area (Å²) in [5.74, 6) is -0.0659. The minimum absolute atomic E-state index is 0.105. The number of nitrogens with one attached hydrogen (secondary N) is 2. The molecule has 0 saturated heterocycles. The van der Waals surface area contributed by atoms with E-state index < -0.39 is 5.91 Å². The summed E-state index contributed by atoms with van der Waals surface area (Å²) in [5, 5.41) is 17.3. The molecule has 0 saturated carbocycles. The number of aromatic nitrogens is 4. The monoisotopic (exact) mass is 442 g/mol. The van der Waals surface area contributed by atoms with Gasteiger partial charge in [0.15, 0.2) is 5.82 Å². The zero-order valence-electron chi connectivity index (χ0n) is 18.1. The zero-order chi connectivity index (χ0) is 23.2. The van der Waals surface area contributed by atoms with E-state index in [4.69, 9.17) is 4.42 Å². The van der Waals surface area contributed by atoms with Gasteiger partial charge < -0.3 is 15.1 Å². The van der Waals surface area contributed by atoms with Crippen LogP contribution < -0.4 is 10.6 Å². The number of furan rings is 1. The number of hydrogen-bond donors (Lipinski definition) is 2. The van der Waals surface area contributed by atoms with Crippen molar-refractivity contribution >= 4 is 29.3 Å². The van der Waals surface area contributed by atoms with E-state index in [0.29, 0.717) is 11.6 Å². The van der Waals surface area contributed by atoms with Gasteiger partial charge in [0.2, 0.25) is 5.91 Å². The molecular weight excluding hydrogens is 420 g/mol. The van der Waals surface area contributed by atoms with Gasteiger partial charge in [0.25, 0.3) is 5.91 Å². The van der Waals surface area contributed by atoms with Gasteiger partial charge in [0, 0.05) is 17.3 Å². The molecular formula is C24H22N6O3. The molecule has 0 aliphatic carbocycles. The van der Waals surface area contributed by atoms with Crippen molar-refractivity contribution in [2.45, 2.75) is 13.8 Å². The minimum Gasteiger partial charge on any atom is -0.465 e. The summed E-state index contributed by atoms with van der Waals surface area (Å²) >= 11 is 0. The fraction of sp³-hybridized carbons (Fsp3) is 0.125. The predicted octanol–water partition coefficient (Wildman–Crippen LogP) is 3.30. The summed E-state index contributed by atoms with van der Waals surface area (Å²) in [5.41, 5.74) is 3.44. The van der Waals surface area contributed by atoms with Gasteiger partial charge in [0.05, 0.1) is 12.8 Å². The maximum absolute atomic E-state index is 13.1. The van der Waals surface area contributed by atoms with Crippen molar-refractivity contribution in [1.29, 1.82) is 0 Å². The first-order valence-corrected chi connectivity index (χ1v) is 10.3. The Kier molecular flexibility index (Phi) is 6.40. The first-order chi connectivity index (χ1) is 16.0. The van der Waals surface area contributed by atoms with E-state index in [2.05, 4.69) is 26.2 Å². The number of carbonyl (C=O) groups is 2. The first kappa shape index (κ1) is 21.7. The molecule has 33 heavy (non-hydrogen) atoms. The van der Waals surface area contributed by atoms with Crippen LogP contribution in [0.25, 0.3) is 23.2 Å². The van der Waals surface area contributed by atoms with Gasteiger partial charge in [0.1, 0.15) is 11.5 Å². The first-order valence-electron chi connectivity index (χ1n) is 10.3. The Balaban J connectivity index is 1.56. The smallest absolute Gasteiger partial charge is 0.270 e. The lowest BCUT2D eigenvalue weighted by Gasteiger charge is -2.13. The molecule has 0 spiro atoms. The molecule has 2 aromatic carbocycles. The topological polar surface area (TPSA) is 115 Å². The summed E-state index contributed by atoms with van der Waals surface area (Å²) in [6, 6.07) is 18.4. The van der Waals surface area contributed by atoms with Crippen LogP contribution in [0.5, 0.6) is 0 Å². The SMILES string of the molecule is Cc1cccc(C)c1NC(=O)CNC(=O)/C(=C\c1ccco1)n1nnnc1-c1ccccc1. The van der Waals surface area contributed by atoms with Gasteiger partial charge in [-0.15, -0.1) is 5.10 Å². The van der Waals surface area contributed by atoms with Crippen LogP contribution in [-0.4, -0.2) is 38.6 Å². The number of tetrazole rings is 1. The lowest BCUT2D eigenvalue weighted by Crippen LogP contribution is -2.35. The largest absolute Gasteiger partial charge is 0.465 e. The molecule has 2 heterocycles. The number of amides is 2. The van der Waals surface area contributed by atoms with Crippen LogP contribution in [-0.2, 0) is 9.59 Å². The van der Waals surface area contributed by atoms with E-state index in [9.17, 15) is 9.59 Å². The van der Waals surface area contributed by atoms with Crippen molar-refractivity contribution in [1.82, 2.24) is 25.5 Å². The second-order valence-corrected chi connectivity index (χ2v) is 7.32. The van der Waals surface area contributed by atoms with Crippen molar-refractivity contribution < 1.29 is 14.0 Å². The van der Waals surface area contributed by atoms with Gasteiger partial charge in [-0.25, -0.2) is 0 Å². The molecule has 166 valence electrons. The Morgan fingerprint density at radius 2 is 1.76 bits per heavy atom. The molecule has 4 rings (SSSR count). The molecule has 2 aromatic heterocycles. The zero-order valence-corrected chi connectivity index (χ0v) is 18.1. The third-order valence-corrected chi connectivity index (χ3v) is 4.94. The van der Waals surface area contributed by atoms with Crippen molar-refractivity contribution in [2.75, 3.05) is 11.9 Å². The van der Waals surface area contributed by atoms with Crippen molar-refractivity contribution in [3.8, 4) is 11.4 Å². The summed E-state index contributed by atoms with van der Waals surface area (Å²) in [6.45, 7) is 3.59. The average molecular weight is 442 g/mol. The van der Waals surface area contributed by atoms with Crippen molar-refractivity contribution in [2.24, 2.45) is 0 Å². The third kappa shape index (κ3) is 5.04. The molecule has 0 fully saturated rings. The maximum Gasteiger partial charge on any atom is 0.270 e. The quantitative estimate of drug-likeness (QED) is 0.425. The normalized spacial score (nSPS) is 11.3. The molecule has 0 radical (unpaired) electrons. The van der Waals surface area contributed by atoms with Gasteiger partial charge in [-0.1, -0.05) is 48.5 Å². The number of rotatable bonds is 7. The van der Waals surface area contributed by atoms with Gasteiger partial charge >= 0.3 is 0 Å². The lowest BCUT2D eigenvalue weighted by molar-refractivity contribution is -0.120. The lowest BCUT2D eigenvalue weighted by atomic mass is 10.1. The van der Waals surface area contributed by atoms with E-state index in [1.807, 2.05) is 62.4 Å². The van der Waals surface area contributed by atoms with Crippen LogP contribution in [0.1, 0.15) is 16.9 Å². The van der Waals surface area contributed by atoms with Gasteiger partial charge in [-0.3, -0.25) is 9.59 Å². The van der Waals surface area contributed by atoms with E-state index >= 15 is 0 Å². The number of carbonyl (C=O) groups excluding carboxylic acids is 2. The molecule has 0 bridgehead atoms. The molecule has 9 heteroatoms. The highest BCUT2D eigenvalue weighted by Crippen LogP contribution is 2.21. The molecule has 0 aliphatic heterocycles. The van der Waals surface area contributed by atoms with Crippen molar-refractivity contribution in [3.05, 3.63) is 83.8 Å². The molecule has 0 atom stereocenters. The van der Waals surface area contributed by atoms with Crippen LogP contribution in [0.2, 0.25) is 0 Å². The Morgan fingerprint density at radius 1 is 1.00 bits per heavy atom. The van der Waals surface area contributed by atoms with E-state index in [0.717, 1.165) is 22.4 Å². The molecule has 0 unspecified atom stereocenters. The second kappa shape index (κ2) is 9.73. The highest BCUT2D eigenvalue weighted by molar-refractivity contribution is 6.19. The molecule has 0 aliphatic rings. The molecule has 2 amide bonds. The summed E-state index contributed by atoms with van der Waals surface area (Å²) in [4.78, 5) is 25.6. The molecule has 9 nitrogen and oxygen atoms in total. The fourth-order valence-electron chi connectivity index (χ4n) is 3.29. The second-order valence-electron chi connectivity index (χ2n) is 7.32. The van der Waals surface area contributed by atoms with Crippen molar-refractivity contribution in [3.63, 3.8) is 0 Å². The Morgan fingerprint density at radius 3 is 2.45 bits per heavy atom. The number of anilines is 1. The minimum atomic E-state index is -0.535. The number of nitrogens with zero attached hydrogens (tertiary/aromatic N) is 4. The van der Waals surface area contributed by atoms with Crippen LogP contribution >= 0.6 is 0 Å². The summed E-state index contributed by atoms with van der Waals surface area (Å²) in [6.07, 6.45) is 3.01.